The van der Waals surface area contributed by atoms with E-state index in [9.17, 15) is 4.39 Å². The summed E-state index contributed by atoms with van der Waals surface area (Å²) in [5, 5.41) is 8.57. The van der Waals surface area contributed by atoms with Gasteiger partial charge in [0.1, 0.15) is 11.9 Å². The van der Waals surface area contributed by atoms with Crippen LogP contribution in [0.5, 0.6) is 5.75 Å². The Bertz CT molecular complexity index is 355. The van der Waals surface area contributed by atoms with Crippen molar-refractivity contribution in [2.45, 2.75) is 19.5 Å². The van der Waals surface area contributed by atoms with Gasteiger partial charge in [0, 0.05) is 5.56 Å². The molecule has 1 aromatic carbocycles. The van der Waals surface area contributed by atoms with Gasteiger partial charge in [-0.25, -0.2) is 4.39 Å². The SMILES string of the molecule is COc1ccc(C(C)F)cc1CC#N. The molecule has 0 aliphatic carbocycles. The van der Waals surface area contributed by atoms with Gasteiger partial charge in [0.15, 0.2) is 0 Å². The van der Waals surface area contributed by atoms with Crippen molar-refractivity contribution < 1.29 is 9.13 Å². The molecular formula is C11H12FNO. The minimum atomic E-state index is -1.02. The molecule has 1 unspecified atom stereocenters. The van der Waals surface area contributed by atoms with Crippen LogP contribution in [0.4, 0.5) is 4.39 Å². The molecule has 0 fully saturated rings. The Morgan fingerprint density at radius 1 is 1.57 bits per heavy atom. The van der Waals surface area contributed by atoms with E-state index in [1.807, 2.05) is 6.07 Å². The average molecular weight is 193 g/mol. The molecule has 0 amide bonds. The molecule has 1 aromatic rings. The van der Waals surface area contributed by atoms with Gasteiger partial charge in [0.2, 0.25) is 0 Å². The van der Waals surface area contributed by atoms with Gasteiger partial charge in [-0.3, -0.25) is 0 Å². The van der Waals surface area contributed by atoms with E-state index in [1.165, 1.54) is 14.0 Å². The van der Waals surface area contributed by atoms with Crippen molar-refractivity contribution in [2.24, 2.45) is 0 Å². The summed E-state index contributed by atoms with van der Waals surface area (Å²) >= 11 is 0. The summed E-state index contributed by atoms with van der Waals surface area (Å²) < 4.78 is 18.0. The molecule has 0 radical (unpaired) electrons. The van der Waals surface area contributed by atoms with E-state index in [2.05, 4.69) is 0 Å². The number of alkyl halides is 1. The van der Waals surface area contributed by atoms with Crippen LogP contribution in [-0.2, 0) is 6.42 Å². The topological polar surface area (TPSA) is 33.0 Å². The van der Waals surface area contributed by atoms with Crippen LogP contribution in [0.2, 0.25) is 0 Å². The van der Waals surface area contributed by atoms with Crippen LogP contribution in [-0.4, -0.2) is 7.11 Å². The van der Waals surface area contributed by atoms with Crippen molar-refractivity contribution in [3.8, 4) is 11.8 Å². The Morgan fingerprint density at radius 3 is 2.79 bits per heavy atom. The molecule has 3 heteroatoms. The number of ether oxygens (including phenoxy) is 1. The molecule has 0 N–H and O–H groups in total. The lowest BCUT2D eigenvalue weighted by Crippen LogP contribution is -1.94. The summed E-state index contributed by atoms with van der Waals surface area (Å²) in [6, 6.07) is 7.06. The normalized spacial score (nSPS) is 11.9. The number of benzene rings is 1. The maximum Gasteiger partial charge on any atom is 0.123 e. The van der Waals surface area contributed by atoms with E-state index in [0.717, 1.165) is 5.56 Å². The van der Waals surface area contributed by atoms with Gasteiger partial charge in [0.05, 0.1) is 19.6 Å². The van der Waals surface area contributed by atoms with Gasteiger partial charge in [-0.2, -0.15) is 5.26 Å². The first-order valence-corrected chi connectivity index (χ1v) is 4.37. The zero-order valence-corrected chi connectivity index (χ0v) is 8.25. The average Bonchev–Trinajstić information content (AvgIpc) is 2.18. The standard InChI is InChI=1S/C11H12FNO/c1-8(12)9-3-4-11(14-2)10(7-9)5-6-13/h3-4,7-8H,5H2,1-2H3. The predicted octanol–water partition coefficient (Wildman–Crippen LogP) is 2.79. The van der Waals surface area contributed by atoms with Crippen molar-refractivity contribution in [1.82, 2.24) is 0 Å². The molecule has 0 aromatic heterocycles. The van der Waals surface area contributed by atoms with Gasteiger partial charge >= 0.3 is 0 Å². The second-order valence-corrected chi connectivity index (χ2v) is 3.02. The Labute approximate surface area is 82.9 Å². The molecule has 2 nitrogen and oxygen atoms in total. The zero-order chi connectivity index (χ0) is 10.6. The van der Waals surface area contributed by atoms with Crippen molar-refractivity contribution in [2.75, 3.05) is 7.11 Å². The van der Waals surface area contributed by atoms with Crippen LogP contribution in [0, 0.1) is 11.3 Å². The highest BCUT2D eigenvalue weighted by Gasteiger charge is 2.07. The van der Waals surface area contributed by atoms with Crippen molar-refractivity contribution in [3.63, 3.8) is 0 Å². The van der Waals surface area contributed by atoms with Gasteiger partial charge in [-0.1, -0.05) is 6.07 Å². The maximum absolute atomic E-state index is 13.0. The highest BCUT2D eigenvalue weighted by molar-refractivity contribution is 5.39. The molecule has 0 saturated carbocycles. The molecule has 0 heterocycles. The lowest BCUT2D eigenvalue weighted by molar-refractivity contribution is 0.372. The third kappa shape index (κ3) is 2.23. The number of halogens is 1. The van der Waals surface area contributed by atoms with Crippen LogP contribution in [0.15, 0.2) is 18.2 Å². The van der Waals surface area contributed by atoms with Crippen LogP contribution >= 0.6 is 0 Å². The monoisotopic (exact) mass is 193 g/mol. The number of nitrogens with zero attached hydrogens (tertiary/aromatic N) is 1. The summed E-state index contributed by atoms with van der Waals surface area (Å²) in [5.41, 5.74) is 1.31. The fourth-order valence-electron chi connectivity index (χ4n) is 1.27. The fourth-order valence-corrected chi connectivity index (χ4v) is 1.27. The molecule has 14 heavy (non-hydrogen) atoms. The van der Waals surface area contributed by atoms with Crippen molar-refractivity contribution in [3.05, 3.63) is 29.3 Å². The van der Waals surface area contributed by atoms with Gasteiger partial charge in [-0.15, -0.1) is 0 Å². The van der Waals surface area contributed by atoms with Crippen LogP contribution < -0.4 is 4.74 Å². The van der Waals surface area contributed by atoms with Crippen molar-refractivity contribution in [1.29, 1.82) is 5.26 Å². The molecule has 0 bridgehead atoms. The van der Waals surface area contributed by atoms with Crippen LogP contribution in [0.3, 0.4) is 0 Å². The molecule has 1 atom stereocenters. The summed E-state index contributed by atoms with van der Waals surface area (Å²) in [6.45, 7) is 1.47. The number of hydrogen-bond acceptors (Lipinski definition) is 2. The second kappa shape index (κ2) is 4.61. The van der Waals surface area contributed by atoms with E-state index in [0.29, 0.717) is 11.3 Å². The lowest BCUT2D eigenvalue weighted by atomic mass is 10.0. The fraction of sp³-hybridized carbons (Fsp3) is 0.364. The van der Waals surface area contributed by atoms with E-state index >= 15 is 0 Å². The quantitative estimate of drug-likeness (QED) is 0.739. The van der Waals surface area contributed by atoms with E-state index in [4.69, 9.17) is 10.00 Å². The second-order valence-electron chi connectivity index (χ2n) is 3.02. The minimum Gasteiger partial charge on any atom is -0.496 e. The number of rotatable bonds is 3. The van der Waals surface area contributed by atoms with Gasteiger partial charge < -0.3 is 4.74 Å². The zero-order valence-electron chi connectivity index (χ0n) is 8.25. The Kier molecular flexibility index (Phi) is 3.47. The number of methoxy groups -OCH3 is 1. The predicted molar refractivity (Wildman–Crippen MR) is 51.8 cm³/mol. The summed E-state index contributed by atoms with van der Waals surface area (Å²) in [4.78, 5) is 0. The first-order valence-electron chi connectivity index (χ1n) is 4.37. The third-order valence-electron chi connectivity index (χ3n) is 2.03. The summed E-state index contributed by atoms with van der Waals surface area (Å²) in [5.74, 6) is 0.635. The Morgan fingerprint density at radius 2 is 2.29 bits per heavy atom. The minimum absolute atomic E-state index is 0.240. The van der Waals surface area contributed by atoms with Crippen LogP contribution in [0.1, 0.15) is 24.2 Å². The van der Waals surface area contributed by atoms with E-state index in [-0.39, 0.29) is 6.42 Å². The lowest BCUT2D eigenvalue weighted by Gasteiger charge is -2.08. The molecule has 0 aliphatic rings. The van der Waals surface area contributed by atoms with E-state index < -0.39 is 6.17 Å². The Balaban J connectivity index is 3.08. The number of nitriles is 1. The van der Waals surface area contributed by atoms with E-state index in [1.54, 1.807) is 18.2 Å². The highest BCUT2D eigenvalue weighted by atomic mass is 19.1. The molecule has 0 saturated heterocycles. The maximum atomic E-state index is 13.0. The Hall–Kier alpha value is -1.56. The first-order chi connectivity index (χ1) is 6.69. The summed E-state index contributed by atoms with van der Waals surface area (Å²) in [7, 11) is 1.54. The number of hydrogen-bond donors (Lipinski definition) is 0. The largest absolute Gasteiger partial charge is 0.496 e. The smallest absolute Gasteiger partial charge is 0.123 e. The molecular weight excluding hydrogens is 181 g/mol. The molecule has 0 spiro atoms. The highest BCUT2D eigenvalue weighted by Crippen LogP contribution is 2.25. The molecule has 1 rings (SSSR count). The molecule has 0 aliphatic heterocycles. The summed E-state index contributed by atoms with van der Waals surface area (Å²) in [6.07, 6.45) is -0.776. The first kappa shape index (κ1) is 10.5. The third-order valence-corrected chi connectivity index (χ3v) is 2.03. The van der Waals surface area contributed by atoms with Gasteiger partial charge in [-0.05, 0) is 24.6 Å². The molecule has 74 valence electrons. The van der Waals surface area contributed by atoms with Gasteiger partial charge in [0.25, 0.3) is 0 Å². The van der Waals surface area contributed by atoms with Crippen molar-refractivity contribution >= 4 is 0 Å². The van der Waals surface area contributed by atoms with Crippen LogP contribution in [0.25, 0.3) is 0 Å².